The van der Waals surface area contributed by atoms with E-state index >= 15 is 0 Å². The highest BCUT2D eigenvalue weighted by Gasteiger charge is 2.31. The predicted molar refractivity (Wildman–Crippen MR) is 64.7 cm³/mol. The minimum atomic E-state index is -1.45. The molecule has 1 aromatic carbocycles. The van der Waals surface area contributed by atoms with Crippen molar-refractivity contribution in [2.24, 2.45) is 5.73 Å². The van der Waals surface area contributed by atoms with Crippen LogP contribution in [0.3, 0.4) is 0 Å². The van der Waals surface area contributed by atoms with E-state index in [0.29, 0.717) is 0 Å². The Labute approximate surface area is 104 Å². The number of hydrogen-bond donors (Lipinski definition) is 5. The lowest BCUT2D eigenvalue weighted by Crippen LogP contribution is -2.45. The molecule has 0 aliphatic carbocycles. The number of carbonyl (C=O) groups is 1. The summed E-state index contributed by atoms with van der Waals surface area (Å²) in [5.41, 5.74) is 4.42. The van der Waals surface area contributed by atoms with E-state index in [0.717, 1.165) is 6.07 Å². The Kier molecular flexibility index (Phi) is 3.71. The van der Waals surface area contributed by atoms with Crippen molar-refractivity contribution in [2.75, 3.05) is 0 Å². The SMILES string of the molecule is CC(CC(C)(N)C(=O)O)c1cc(O)cc(O)c1O. The third-order valence-electron chi connectivity index (χ3n) is 2.85. The van der Waals surface area contributed by atoms with E-state index in [1.165, 1.54) is 13.0 Å². The zero-order valence-corrected chi connectivity index (χ0v) is 10.2. The Bertz CT molecular complexity index is 470. The van der Waals surface area contributed by atoms with Crippen molar-refractivity contribution in [3.05, 3.63) is 17.7 Å². The fourth-order valence-electron chi connectivity index (χ4n) is 1.83. The molecule has 2 unspecified atom stereocenters. The molecule has 0 aliphatic rings. The molecule has 18 heavy (non-hydrogen) atoms. The maximum absolute atomic E-state index is 10.9. The van der Waals surface area contributed by atoms with Gasteiger partial charge in [-0.25, -0.2) is 0 Å². The Morgan fingerprint density at radius 1 is 1.39 bits per heavy atom. The van der Waals surface area contributed by atoms with Crippen molar-refractivity contribution in [3.63, 3.8) is 0 Å². The molecule has 6 N–H and O–H groups in total. The number of benzene rings is 1. The second kappa shape index (κ2) is 4.73. The van der Waals surface area contributed by atoms with Gasteiger partial charge in [0.05, 0.1) is 0 Å². The number of phenols is 3. The summed E-state index contributed by atoms with van der Waals surface area (Å²) in [6, 6.07) is 2.28. The Balaban J connectivity index is 3.05. The molecule has 6 heteroatoms. The van der Waals surface area contributed by atoms with Crippen LogP contribution in [0.4, 0.5) is 0 Å². The third-order valence-corrected chi connectivity index (χ3v) is 2.85. The first-order chi connectivity index (χ1) is 8.15. The number of rotatable bonds is 4. The molecule has 0 aromatic heterocycles. The first-order valence-corrected chi connectivity index (χ1v) is 5.42. The number of nitrogens with two attached hydrogens (primary N) is 1. The summed E-state index contributed by atoms with van der Waals surface area (Å²) in [5.74, 6) is -2.62. The Hall–Kier alpha value is -1.95. The zero-order chi connectivity index (χ0) is 14.1. The second-order valence-corrected chi connectivity index (χ2v) is 4.73. The van der Waals surface area contributed by atoms with Crippen LogP contribution in [0.25, 0.3) is 0 Å². The van der Waals surface area contributed by atoms with Gasteiger partial charge in [0.15, 0.2) is 11.5 Å². The smallest absolute Gasteiger partial charge is 0.323 e. The van der Waals surface area contributed by atoms with Gasteiger partial charge in [0.25, 0.3) is 0 Å². The summed E-state index contributed by atoms with van der Waals surface area (Å²) in [4.78, 5) is 10.9. The monoisotopic (exact) mass is 255 g/mol. The van der Waals surface area contributed by atoms with Gasteiger partial charge in [-0.2, -0.15) is 0 Å². The minimum Gasteiger partial charge on any atom is -0.508 e. The lowest BCUT2D eigenvalue weighted by molar-refractivity contribution is -0.143. The van der Waals surface area contributed by atoms with Crippen LogP contribution in [0.2, 0.25) is 0 Å². The van der Waals surface area contributed by atoms with Gasteiger partial charge >= 0.3 is 5.97 Å². The molecular weight excluding hydrogens is 238 g/mol. The third kappa shape index (κ3) is 2.84. The van der Waals surface area contributed by atoms with E-state index in [-0.39, 0.29) is 23.5 Å². The lowest BCUT2D eigenvalue weighted by Gasteiger charge is -2.24. The summed E-state index contributed by atoms with van der Waals surface area (Å²) >= 11 is 0. The van der Waals surface area contributed by atoms with E-state index in [1.54, 1.807) is 6.92 Å². The Morgan fingerprint density at radius 2 is 1.94 bits per heavy atom. The van der Waals surface area contributed by atoms with E-state index in [1.807, 2.05) is 0 Å². The Morgan fingerprint density at radius 3 is 2.44 bits per heavy atom. The molecule has 0 saturated carbocycles. The van der Waals surface area contributed by atoms with E-state index in [2.05, 4.69) is 0 Å². The maximum Gasteiger partial charge on any atom is 0.323 e. The van der Waals surface area contributed by atoms with E-state index < -0.39 is 23.2 Å². The molecule has 0 aliphatic heterocycles. The van der Waals surface area contributed by atoms with Crippen molar-refractivity contribution < 1.29 is 25.2 Å². The van der Waals surface area contributed by atoms with E-state index in [4.69, 9.17) is 10.8 Å². The standard InChI is InChI=1S/C12H17NO5/c1-6(5-12(2,13)11(17)18)8-3-7(14)4-9(15)10(8)16/h3-4,6,14-16H,5,13H2,1-2H3,(H,17,18). The van der Waals surface area contributed by atoms with Crippen molar-refractivity contribution in [1.82, 2.24) is 0 Å². The molecule has 0 spiro atoms. The topological polar surface area (TPSA) is 124 Å². The molecule has 0 saturated heterocycles. The van der Waals surface area contributed by atoms with Gasteiger partial charge in [-0.05, 0) is 25.3 Å². The number of hydrogen-bond acceptors (Lipinski definition) is 5. The minimum absolute atomic E-state index is 0.0544. The molecule has 0 fully saturated rings. The number of carboxylic acid groups (broad SMARTS) is 1. The van der Waals surface area contributed by atoms with Crippen LogP contribution >= 0.6 is 0 Å². The molecule has 100 valence electrons. The molecule has 0 amide bonds. The van der Waals surface area contributed by atoms with Gasteiger partial charge in [-0.1, -0.05) is 6.92 Å². The van der Waals surface area contributed by atoms with Crippen molar-refractivity contribution in [2.45, 2.75) is 31.7 Å². The molecule has 1 aromatic rings. The average Bonchev–Trinajstić information content (AvgIpc) is 2.22. The zero-order valence-electron chi connectivity index (χ0n) is 10.2. The summed E-state index contributed by atoms with van der Waals surface area (Å²) in [5, 5.41) is 37.3. The normalized spacial score (nSPS) is 15.9. The summed E-state index contributed by atoms with van der Waals surface area (Å²) in [7, 11) is 0. The highest BCUT2D eigenvalue weighted by atomic mass is 16.4. The summed E-state index contributed by atoms with van der Waals surface area (Å²) in [6.07, 6.45) is 0.0544. The van der Waals surface area contributed by atoms with Crippen molar-refractivity contribution in [1.29, 1.82) is 0 Å². The van der Waals surface area contributed by atoms with Gasteiger partial charge in [-0.3, -0.25) is 4.79 Å². The van der Waals surface area contributed by atoms with Gasteiger partial charge in [0, 0.05) is 11.6 Å². The molecule has 0 bridgehead atoms. The van der Waals surface area contributed by atoms with E-state index in [9.17, 15) is 20.1 Å². The number of carboxylic acids is 1. The van der Waals surface area contributed by atoms with Gasteiger partial charge in [0.2, 0.25) is 0 Å². The van der Waals surface area contributed by atoms with Crippen LogP contribution in [0.1, 0.15) is 31.7 Å². The second-order valence-electron chi connectivity index (χ2n) is 4.73. The highest BCUT2D eigenvalue weighted by Crippen LogP contribution is 2.39. The van der Waals surface area contributed by atoms with Gasteiger partial charge in [-0.15, -0.1) is 0 Å². The molecule has 0 heterocycles. The van der Waals surface area contributed by atoms with Crippen LogP contribution in [0.5, 0.6) is 17.2 Å². The quantitative estimate of drug-likeness (QED) is 0.405. The fourth-order valence-corrected chi connectivity index (χ4v) is 1.83. The number of phenolic OH excluding ortho intramolecular Hbond substituents is 3. The molecule has 1 rings (SSSR count). The van der Waals surface area contributed by atoms with Crippen LogP contribution in [0, 0.1) is 0 Å². The summed E-state index contributed by atoms with van der Waals surface area (Å²) in [6.45, 7) is 3.02. The maximum atomic E-state index is 10.9. The number of aromatic hydroxyl groups is 3. The highest BCUT2D eigenvalue weighted by molar-refractivity contribution is 5.78. The molecular formula is C12H17NO5. The van der Waals surface area contributed by atoms with Crippen LogP contribution in [0.15, 0.2) is 12.1 Å². The first-order valence-electron chi connectivity index (χ1n) is 5.42. The molecule has 0 radical (unpaired) electrons. The number of aliphatic carboxylic acids is 1. The largest absolute Gasteiger partial charge is 0.508 e. The van der Waals surface area contributed by atoms with Crippen molar-refractivity contribution in [3.8, 4) is 17.2 Å². The molecule has 2 atom stereocenters. The summed E-state index contributed by atoms with van der Waals surface area (Å²) < 4.78 is 0. The van der Waals surface area contributed by atoms with Gasteiger partial charge < -0.3 is 26.2 Å². The van der Waals surface area contributed by atoms with Crippen LogP contribution < -0.4 is 5.73 Å². The molecule has 6 nitrogen and oxygen atoms in total. The lowest BCUT2D eigenvalue weighted by atomic mass is 9.86. The van der Waals surface area contributed by atoms with Crippen LogP contribution in [-0.4, -0.2) is 31.9 Å². The van der Waals surface area contributed by atoms with Crippen LogP contribution in [-0.2, 0) is 4.79 Å². The average molecular weight is 255 g/mol. The predicted octanol–water partition coefficient (Wildman–Crippen LogP) is 1.10. The first kappa shape index (κ1) is 14.1. The van der Waals surface area contributed by atoms with Gasteiger partial charge in [0.1, 0.15) is 11.3 Å². The fraction of sp³-hybridized carbons (Fsp3) is 0.417. The van der Waals surface area contributed by atoms with Crippen molar-refractivity contribution >= 4 is 5.97 Å².